The fraction of sp³-hybridized carbons (Fsp3) is 0.438. The van der Waals surface area contributed by atoms with Crippen molar-refractivity contribution in [1.29, 1.82) is 0 Å². The summed E-state index contributed by atoms with van der Waals surface area (Å²) in [6.07, 6.45) is 0. The van der Waals surface area contributed by atoms with E-state index in [4.69, 9.17) is 0 Å². The van der Waals surface area contributed by atoms with Gasteiger partial charge in [0, 0.05) is 29.1 Å². The van der Waals surface area contributed by atoms with Crippen LogP contribution in [0.25, 0.3) is 0 Å². The van der Waals surface area contributed by atoms with Crippen molar-refractivity contribution in [3.8, 4) is 0 Å². The normalized spacial score (nSPS) is 12.5. The van der Waals surface area contributed by atoms with Gasteiger partial charge in [0.2, 0.25) is 0 Å². The molecule has 0 aliphatic rings. The molecular weight excluding hydrogens is 253 g/mol. The first-order valence-electron chi connectivity index (χ1n) is 7.01. The fourth-order valence-electron chi connectivity index (χ4n) is 2.71. The van der Waals surface area contributed by atoms with E-state index in [9.17, 15) is 4.39 Å². The number of halogens is 1. The summed E-state index contributed by atoms with van der Waals surface area (Å²) < 4.78 is 15.6. The van der Waals surface area contributed by atoms with Crippen LogP contribution in [0.1, 0.15) is 42.4 Å². The quantitative estimate of drug-likeness (QED) is 0.908. The van der Waals surface area contributed by atoms with E-state index in [-0.39, 0.29) is 11.9 Å². The molecular formula is C16H22FN3. The SMILES string of the molecule is CCn1nc(C)c(C(C)Nc2cccc(F)c2C)c1C. The Balaban J connectivity index is 2.31. The lowest BCUT2D eigenvalue weighted by Crippen LogP contribution is -2.10. The minimum Gasteiger partial charge on any atom is -0.378 e. The Morgan fingerprint density at radius 1 is 1.30 bits per heavy atom. The molecule has 2 aromatic rings. The van der Waals surface area contributed by atoms with E-state index in [2.05, 4.69) is 31.2 Å². The van der Waals surface area contributed by atoms with Crippen molar-refractivity contribution >= 4 is 5.69 Å². The Hall–Kier alpha value is -1.84. The number of anilines is 1. The van der Waals surface area contributed by atoms with Crippen LogP contribution in [-0.2, 0) is 6.54 Å². The molecule has 0 amide bonds. The van der Waals surface area contributed by atoms with Crippen molar-refractivity contribution in [1.82, 2.24) is 9.78 Å². The van der Waals surface area contributed by atoms with Crippen molar-refractivity contribution in [3.63, 3.8) is 0 Å². The zero-order valence-corrected chi connectivity index (χ0v) is 12.8. The smallest absolute Gasteiger partial charge is 0.128 e. The lowest BCUT2D eigenvalue weighted by molar-refractivity contribution is 0.618. The number of hydrogen-bond donors (Lipinski definition) is 1. The van der Waals surface area contributed by atoms with E-state index in [1.165, 1.54) is 17.3 Å². The molecule has 1 aromatic carbocycles. The molecule has 3 nitrogen and oxygen atoms in total. The molecule has 20 heavy (non-hydrogen) atoms. The van der Waals surface area contributed by atoms with Gasteiger partial charge in [0.15, 0.2) is 0 Å². The number of hydrogen-bond acceptors (Lipinski definition) is 2. The monoisotopic (exact) mass is 275 g/mol. The second kappa shape index (κ2) is 5.65. The van der Waals surface area contributed by atoms with Crippen LogP contribution >= 0.6 is 0 Å². The van der Waals surface area contributed by atoms with Crippen LogP contribution in [0.15, 0.2) is 18.2 Å². The molecule has 1 N–H and O–H groups in total. The van der Waals surface area contributed by atoms with Crippen molar-refractivity contribution < 1.29 is 4.39 Å². The van der Waals surface area contributed by atoms with Gasteiger partial charge in [0.25, 0.3) is 0 Å². The molecule has 108 valence electrons. The lowest BCUT2D eigenvalue weighted by Gasteiger charge is -2.18. The van der Waals surface area contributed by atoms with Crippen LogP contribution in [-0.4, -0.2) is 9.78 Å². The maximum absolute atomic E-state index is 13.6. The first-order valence-corrected chi connectivity index (χ1v) is 7.01. The van der Waals surface area contributed by atoms with E-state index < -0.39 is 0 Å². The molecule has 0 saturated heterocycles. The molecule has 0 aliphatic carbocycles. The highest BCUT2D eigenvalue weighted by molar-refractivity contribution is 5.53. The second-order valence-electron chi connectivity index (χ2n) is 5.18. The van der Waals surface area contributed by atoms with E-state index in [1.54, 1.807) is 13.0 Å². The molecule has 2 rings (SSSR count). The number of nitrogens with one attached hydrogen (secondary N) is 1. The highest BCUT2D eigenvalue weighted by Gasteiger charge is 2.17. The van der Waals surface area contributed by atoms with E-state index in [0.29, 0.717) is 5.56 Å². The van der Waals surface area contributed by atoms with Crippen LogP contribution in [0.5, 0.6) is 0 Å². The van der Waals surface area contributed by atoms with Gasteiger partial charge < -0.3 is 5.32 Å². The molecule has 1 heterocycles. The summed E-state index contributed by atoms with van der Waals surface area (Å²) in [7, 11) is 0. The third kappa shape index (κ3) is 2.55. The zero-order chi connectivity index (χ0) is 14.9. The zero-order valence-electron chi connectivity index (χ0n) is 12.8. The minimum absolute atomic E-state index is 0.0933. The molecule has 1 aromatic heterocycles. The Bertz CT molecular complexity index is 616. The first-order chi connectivity index (χ1) is 9.45. The Morgan fingerprint density at radius 2 is 2.00 bits per heavy atom. The third-order valence-electron chi connectivity index (χ3n) is 3.81. The summed E-state index contributed by atoms with van der Waals surface area (Å²) in [6.45, 7) is 10.9. The highest BCUT2D eigenvalue weighted by Crippen LogP contribution is 2.27. The summed E-state index contributed by atoms with van der Waals surface area (Å²) in [6, 6.07) is 5.21. The van der Waals surface area contributed by atoms with Gasteiger partial charge in [-0.15, -0.1) is 0 Å². The van der Waals surface area contributed by atoms with Crippen molar-refractivity contribution in [3.05, 3.63) is 46.5 Å². The largest absolute Gasteiger partial charge is 0.378 e. The van der Waals surface area contributed by atoms with Gasteiger partial charge in [-0.2, -0.15) is 5.10 Å². The van der Waals surface area contributed by atoms with Gasteiger partial charge >= 0.3 is 0 Å². The minimum atomic E-state index is -0.181. The third-order valence-corrected chi connectivity index (χ3v) is 3.81. The molecule has 0 fully saturated rings. The summed E-state index contributed by atoms with van der Waals surface area (Å²) in [4.78, 5) is 0. The standard InChI is InChI=1S/C16H22FN3/c1-6-20-13(5)16(12(4)19-20)11(3)18-15-9-7-8-14(17)10(15)2/h7-9,11,18H,6H2,1-5H3. The average molecular weight is 275 g/mol. The van der Waals surface area contributed by atoms with E-state index in [0.717, 1.165) is 17.9 Å². The average Bonchev–Trinajstić information content (AvgIpc) is 2.69. The summed E-state index contributed by atoms with van der Waals surface area (Å²) in [5.74, 6) is -0.181. The lowest BCUT2D eigenvalue weighted by atomic mass is 10.1. The molecule has 0 aliphatic heterocycles. The fourth-order valence-corrected chi connectivity index (χ4v) is 2.71. The molecule has 1 unspecified atom stereocenters. The molecule has 0 spiro atoms. The maximum Gasteiger partial charge on any atom is 0.128 e. The Kier molecular flexibility index (Phi) is 4.12. The summed E-state index contributed by atoms with van der Waals surface area (Å²) in [5, 5.41) is 7.93. The van der Waals surface area contributed by atoms with Crippen LogP contribution < -0.4 is 5.32 Å². The second-order valence-corrected chi connectivity index (χ2v) is 5.18. The summed E-state index contributed by atoms with van der Waals surface area (Å²) >= 11 is 0. The van der Waals surface area contributed by atoms with Crippen LogP contribution in [0, 0.1) is 26.6 Å². The van der Waals surface area contributed by atoms with Gasteiger partial charge in [0.1, 0.15) is 5.82 Å². The Labute approximate surface area is 119 Å². The van der Waals surface area contributed by atoms with Crippen LogP contribution in [0.2, 0.25) is 0 Å². The number of aryl methyl sites for hydroxylation is 2. The number of benzene rings is 1. The molecule has 0 radical (unpaired) electrons. The maximum atomic E-state index is 13.6. The Morgan fingerprint density at radius 3 is 2.60 bits per heavy atom. The number of rotatable bonds is 4. The van der Waals surface area contributed by atoms with Crippen LogP contribution in [0.4, 0.5) is 10.1 Å². The summed E-state index contributed by atoms with van der Waals surface area (Å²) in [5.41, 5.74) is 4.87. The van der Waals surface area contributed by atoms with Crippen molar-refractivity contribution in [2.24, 2.45) is 0 Å². The van der Waals surface area contributed by atoms with Crippen LogP contribution in [0.3, 0.4) is 0 Å². The highest BCUT2D eigenvalue weighted by atomic mass is 19.1. The molecule has 0 saturated carbocycles. The van der Waals surface area contributed by atoms with Gasteiger partial charge in [-0.05, 0) is 46.8 Å². The molecule has 4 heteroatoms. The van der Waals surface area contributed by atoms with Gasteiger partial charge in [-0.25, -0.2) is 4.39 Å². The van der Waals surface area contributed by atoms with Gasteiger partial charge in [0.05, 0.1) is 11.7 Å². The molecule has 0 bridgehead atoms. The number of aromatic nitrogens is 2. The van der Waals surface area contributed by atoms with Crippen molar-refractivity contribution in [2.75, 3.05) is 5.32 Å². The topological polar surface area (TPSA) is 29.9 Å². The molecule has 1 atom stereocenters. The van der Waals surface area contributed by atoms with E-state index >= 15 is 0 Å². The number of nitrogens with zero attached hydrogens (tertiary/aromatic N) is 2. The van der Waals surface area contributed by atoms with Gasteiger partial charge in [-0.1, -0.05) is 6.07 Å². The van der Waals surface area contributed by atoms with Gasteiger partial charge in [-0.3, -0.25) is 4.68 Å². The first kappa shape index (κ1) is 14.6. The van der Waals surface area contributed by atoms with Crippen molar-refractivity contribution in [2.45, 2.75) is 47.2 Å². The van der Waals surface area contributed by atoms with E-state index in [1.807, 2.05) is 17.7 Å². The predicted octanol–water partition coefficient (Wildman–Crippen LogP) is 4.14. The predicted molar refractivity (Wildman–Crippen MR) is 80.5 cm³/mol.